The SMILES string of the molecule is CC(C)Nc1nc(N[C@H](C)C(F)(F)F)nc(C2=C(F)[C@@H](O)C(F)CC2)n1. The van der Waals surface area contributed by atoms with Gasteiger partial charge in [-0.05, 0) is 33.6 Å². The lowest BCUT2D eigenvalue weighted by Gasteiger charge is -2.23. The van der Waals surface area contributed by atoms with E-state index in [9.17, 15) is 27.1 Å². The summed E-state index contributed by atoms with van der Waals surface area (Å²) in [5.74, 6) is -1.83. The highest BCUT2D eigenvalue weighted by atomic mass is 19.4. The molecule has 146 valence electrons. The molecule has 0 radical (unpaired) electrons. The zero-order valence-electron chi connectivity index (χ0n) is 14.4. The van der Waals surface area contributed by atoms with Crippen LogP contribution in [-0.4, -0.2) is 50.6 Å². The van der Waals surface area contributed by atoms with Crippen LogP contribution in [0, 0.1) is 0 Å². The van der Waals surface area contributed by atoms with Crippen LogP contribution in [0.1, 0.15) is 39.4 Å². The van der Waals surface area contributed by atoms with Crippen molar-refractivity contribution in [1.82, 2.24) is 15.0 Å². The first-order chi connectivity index (χ1) is 12.0. The number of alkyl halides is 4. The zero-order chi connectivity index (χ0) is 19.6. The van der Waals surface area contributed by atoms with Gasteiger partial charge < -0.3 is 15.7 Å². The normalized spacial score (nSPS) is 22.5. The van der Waals surface area contributed by atoms with Crippen molar-refractivity contribution >= 4 is 17.5 Å². The number of hydrogen-bond acceptors (Lipinski definition) is 6. The summed E-state index contributed by atoms with van der Waals surface area (Å²) in [5.41, 5.74) is -0.150. The molecule has 26 heavy (non-hydrogen) atoms. The van der Waals surface area contributed by atoms with Gasteiger partial charge in [0.05, 0.1) is 0 Å². The number of halogens is 5. The Kier molecular flexibility index (Phi) is 5.99. The standard InChI is InChI=1S/C15H20F5N5O/c1-6(2)21-13-23-12(8-4-5-9(16)11(26)10(8)17)24-14(25-13)22-7(3)15(18,19)20/h6-7,9,11,26H,4-5H2,1-3H3,(H2,21,22,23,24,25)/t7-,9?,11+/m1/s1. The molecule has 1 unspecified atom stereocenters. The smallest absolute Gasteiger partial charge is 0.383 e. The van der Waals surface area contributed by atoms with Crippen LogP contribution >= 0.6 is 0 Å². The van der Waals surface area contributed by atoms with E-state index in [4.69, 9.17) is 0 Å². The molecule has 0 saturated heterocycles. The molecule has 6 nitrogen and oxygen atoms in total. The molecule has 3 N–H and O–H groups in total. The second-order valence-electron chi connectivity index (χ2n) is 6.34. The highest BCUT2D eigenvalue weighted by Crippen LogP contribution is 2.34. The number of nitrogens with zero attached hydrogens (tertiary/aromatic N) is 3. The predicted molar refractivity (Wildman–Crippen MR) is 85.9 cm³/mol. The van der Waals surface area contributed by atoms with Gasteiger partial charge in [0.25, 0.3) is 0 Å². The van der Waals surface area contributed by atoms with Crippen molar-refractivity contribution in [3.8, 4) is 0 Å². The average molecular weight is 381 g/mol. The van der Waals surface area contributed by atoms with E-state index < -0.39 is 36.3 Å². The Labute approximate surface area is 146 Å². The van der Waals surface area contributed by atoms with Gasteiger partial charge in [0.15, 0.2) is 5.82 Å². The summed E-state index contributed by atoms with van der Waals surface area (Å²) in [7, 11) is 0. The van der Waals surface area contributed by atoms with Crippen LogP contribution in [0.5, 0.6) is 0 Å². The summed E-state index contributed by atoms with van der Waals surface area (Å²) in [4.78, 5) is 11.7. The maximum Gasteiger partial charge on any atom is 0.408 e. The monoisotopic (exact) mass is 381 g/mol. The van der Waals surface area contributed by atoms with Gasteiger partial charge in [-0.2, -0.15) is 28.1 Å². The molecule has 1 aliphatic rings. The zero-order valence-corrected chi connectivity index (χ0v) is 14.4. The Bertz CT molecular complexity index is 679. The quantitative estimate of drug-likeness (QED) is 0.680. The highest BCUT2D eigenvalue weighted by molar-refractivity contribution is 5.65. The van der Waals surface area contributed by atoms with Crippen LogP contribution in [0.4, 0.5) is 33.8 Å². The third-order valence-corrected chi connectivity index (χ3v) is 3.72. The lowest BCUT2D eigenvalue weighted by atomic mass is 9.94. The Morgan fingerprint density at radius 2 is 1.65 bits per heavy atom. The van der Waals surface area contributed by atoms with E-state index in [0.717, 1.165) is 6.92 Å². The minimum Gasteiger partial charge on any atom is -0.383 e. The fourth-order valence-corrected chi connectivity index (χ4v) is 2.29. The van der Waals surface area contributed by atoms with Gasteiger partial charge in [0.1, 0.15) is 24.1 Å². The molecule has 0 spiro atoms. The molecule has 1 aliphatic carbocycles. The Morgan fingerprint density at radius 3 is 2.19 bits per heavy atom. The van der Waals surface area contributed by atoms with Gasteiger partial charge in [-0.3, -0.25) is 0 Å². The van der Waals surface area contributed by atoms with Crippen molar-refractivity contribution in [3.63, 3.8) is 0 Å². The van der Waals surface area contributed by atoms with Crippen LogP contribution in [0.15, 0.2) is 5.83 Å². The number of aliphatic hydroxyl groups is 1. The Morgan fingerprint density at radius 1 is 1.08 bits per heavy atom. The molecule has 1 aromatic heterocycles. The molecule has 1 heterocycles. The van der Waals surface area contributed by atoms with Crippen molar-refractivity contribution in [2.75, 3.05) is 10.6 Å². The van der Waals surface area contributed by atoms with Gasteiger partial charge in [-0.1, -0.05) is 0 Å². The number of anilines is 2. The summed E-state index contributed by atoms with van der Waals surface area (Å²) in [5, 5.41) is 14.5. The minimum absolute atomic E-state index is 0.0564. The third kappa shape index (κ3) is 4.77. The number of hydrogen-bond donors (Lipinski definition) is 3. The summed E-state index contributed by atoms with van der Waals surface area (Å²) < 4.78 is 65.9. The largest absolute Gasteiger partial charge is 0.408 e. The molecule has 0 aliphatic heterocycles. The van der Waals surface area contributed by atoms with Gasteiger partial charge in [-0.15, -0.1) is 0 Å². The maximum atomic E-state index is 14.2. The van der Waals surface area contributed by atoms with Crippen molar-refractivity contribution in [3.05, 3.63) is 11.7 Å². The van der Waals surface area contributed by atoms with E-state index in [1.54, 1.807) is 13.8 Å². The molecule has 0 fully saturated rings. The fraction of sp³-hybridized carbons (Fsp3) is 0.667. The van der Waals surface area contributed by atoms with Crippen molar-refractivity contribution in [2.24, 2.45) is 0 Å². The summed E-state index contributed by atoms with van der Waals surface area (Å²) in [6.45, 7) is 4.40. The fourth-order valence-electron chi connectivity index (χ4n) is 2.29. The van der Waals surface area contributed by atoms with Crippen molar-refractivity contribution < 1.29 is 27.1 Å². The molecule has 0 amide bonds. The van der Waals surface area contributed by atoms with E-state index >= 15 is 0 Å². The first-order valence-corrected chi connectivity index (χ1v) is 8.06. The Hall–Kier alpha value is -2.04. The second-order valence-corrected chi connectivity index (χ2v) is 6.34. The van der Waals surface area contributed by atoms with Crippen LogP contribution < -0.4 is 10.6 Å². The number of aliphatic hydroxyl groups excluding tert-OH is 1. The first-order valence-electron chi connectivity index (χ1n) is 8.06. The van der Waals surface area contributed by atoms with Crippen LogP contribution in [-0.2, 0) is 0 Å². The summed E-state index contributed by atoms with van der Waals surface area (Å²) in [6.07, 6.45) is -8.47. The predicted octanol–water partition coefficient (Wildman–Crippen LogP) is 3.23. The molecule has 2 rings (SSSR count). The van der Waals surface area contributed by atoms with Crippen LogP contribution in [0.2, 0.25) is 0 Å². The van der Waals surface area contributed by atoms with Crippen LogP contribution in [0.25, 0.3) is 5.57 Å². The molecular formula is C15H20F5N5O. The molecule has 0 bridgehead atoms. The molecule has 11 heteroatoms. The summed E-state index contributed by atoms with van der Waals surface area (Å²) >= 11 is 0. The number of nitrogens with one attached hydrogen (secondary N) is 2. The Balaban J connectivity index is 2.44. The van der Waals surface area contributed by atoms with Crippen molar-refractivity contribution in [2.45, 2.75) is 64.1 Å². The minimum atomic E-state index is -4.54. The van der Waals surface area contributed by atoms with E-state index in [1.807, 2.05) is 0 Å². The van der Waals surface area contributed by atoms with Gasteiger partial charge >= 0.3 is 6.18 Å². The topological polar surface area (TPSA) is 83.0 Å². The average Bonchev–Trinajstić information content (AvgIpc) is 2.51. The molecule has 3 atom stereocenters. The van der Waals surface area contributed by atoms with E-state index in [-0.39, 0.29) is 36.2 Å². The molecule has 0 saturated carbocycles. The lowest BCUT2D eigenvalue weighted by Crippen LogP contribution is -2.34. The lowest BCUT2D eigenvalue weighted by molar-refractivity contribution is -0.138. The van der Waals surface area contributed by atoms with Gasteiger partial charge in [-0.25, -0.2) is 8.78 Å². The van der Waals surface area contributed by atoms with Gasteiger partial charge in [0, 0.05) is 11.6 Å². The van der Waals surface area contributed by atoms with E-state index in [0.29, 0.717) is 0 Å². The highest BCUT2D eigenvalue weighted by Gasteiger charge is 2.37. The van der Waals surface area contributed by atoms with Gasteiger partial charge in [0.2, 0.25) is 11.9 Å². The first kappa shape index (κ1) is 20.3. The van der Waals surface area contributed by atoms with Crippen molar-refractivity contribution in [1.29, 1.82) is 0 Å². The van der Waals surface area contributed by atoms with Crippen LogP contribution in [0.3, 0.4) is 0 Å². The van der Waals surface area contributed by atoms with E-state index in [1.165, 1.54) is 0 Å². The molecule has 1 aromatic rings. The third-order valence-electron chi connectivity index (χ3n) is 3.72. The summed E-state index contributed by atoms with van der Waals surface area (Å²) in [6, 6.07) is -2.10. The number of allylic oxidation sites excluding steroid dienone is 1. The molecular weight excluding hydrogens is 361 g/mol. The second kappa shape index (κ2) is 7.68. The maximum absolute atomic E-state index is 14.2. The number of rotatable bonds is 5. The van der Waals surface area contributed by atoms with E-state index in [2.05, 4.69) is 25.6 Å². The number of aromatic nitrogens is 3. The molecule has 0 aromatic carbocycles.